The smallest absolute Gasteiger partial charge is 0.239 e. The van der Waals surface area contributed by atoms with E-state index in [0.29, 0.717) is 25.9 Å². The third-order valence-corrected chi connectivity index (χ3v) is 5.74. The fourth-order valence-electron chi connectivity index (χ4n) is 4.03. The van der Waals surface area contributed by atoms with E-state index in [1.165, 1.54) is 5.56 Å². The molecule has 0 spiro atoms. The molecule has 0 radical (unpaired) electrons. The summed E-state index contributed by atoms with van der Waals surface area (Å²) in [6, 6.07) is 10.1. The van der Waals surface area contributed by atoms with Crippen LogP contribution in [0.15, 0.2) is 30.3 Å². The van der Waals surface area contributed by atoms with Crippen molar-refractivity contribution < 1.29 is 9.59 Å². The molecular formula is C19H28N4O2. The normalized spacial score (nSPS) is 26.6. The highest BCUT2D eigenvalue weighted by molar-refractivity contribution is 5.82. The van der Waals surface area contributed by atoms with Crippen molar-refractivity contribution in [2.24, 2.45) is 17.4 Å². The highest BCUT2D eigenvalue weighted by Gasteiger charge is 2.37. The molecule has 2 amide bonds. The van der Waals surface area contributed by atoms with E-state index in [1.54, 1.807) is 0 Å². The topological polar surface area (TPSA) is 92.7 Å². The number of primary amides is 1. The molecule has 2 aliphatic rings. The molecule has 0 aromatic heterocycles. The first-order chi connectivity index (χ1) is 12.0. The lowest BCUT2D eigenvalue weighted by Gasteiger charge is -2.34. The molecule has 0 saturated carbocycles. The molecule has 2 saturated heterocycles. The molecule has 25 heavy (non-hydrogen) atoms. The number of likely N-dealkylation sites (tertiary alicyclic amines) is 2. The Morgan fingerprint density at radius 1 is 1.12 bits per heavy atom. The van der Waals surface area contributed by atoms with Crippen LogP contribution in [-0.2, 0) is 9.59 Å². The number of hydrogen-bond donors (Lipinski definition) is 2. The van der Waals surface area contributed by atoms with Gasteiger partial charge in [-0.2, -0.15) is 0 Å². The molecule has 2 aliphatic heterocycles. The van der Waals surface area contributed by atoms with E-state index in [2.05, 4.69) is 17.0 Å². The summed E-state index contributed by atoms with van der Waals surface area (Å²) in [6.45, 7) is 4.71. The van der Waals surface area contributed by atoms with Crippen molar-refractivity contribution in [2.45, 2.75) is 37.8 Å². The van der Waals surface area contributed by atoms with Crippen LogP contribution in [0.2, 0.25) is 0 Å². The molecule has 0 bridgehead atoms. The summed E-state index contributed by atoms with van der Waals surface area (Å²) in [5, 5.41) is 0. The minimum atomic E-state index is -0.253. The zero-order valence-electron chi connectivity index (χ0n) is 14.8. The third kappa shape index (κ3) is 3.85. The molecular weight excluding hydrogens is 316 g/mol. The van der Waals surface area contributed by atoms with E-state index in [1.807, 2.05) is 30.0 Å². The second kappa shape index (κ2) is 7.54. The van der Waals surface area contributed by atoms with Gasteiger partial charge in [-0.1, -0.05) is 30.3 Å². The van der Waals surface area contributed by atoms with Gasteiger partial charge < -0.3 is 16.4 Å². The lowest BCUT2D eigenvalue weighted by Crippen LogP contribution is -2.50. The van der Waals surface area contributed by atoms with Crippen molar-refractivity contribution in [3.63, 3.8) is 0 Å². The third-order valence-electron chi connectivity index (χ3n) is 5.74. The SMILES string of the molecule is CC(C(=O)N1CCC(C(N)=O)CC1)N1C[C@@H](N)[C@H](c2ccccc2)C1. The van der Waals surface area contributed by atoms with Gasteiger partial charge >= 0.3 is 0 Å². The van der Waals surface area contributed by atoms with E-state index >= 15 is 0 Å². The van der Waals surface area contributed by atoms with Gasteiger partial charge in [-0.15, -0.1) is 0 Å². The first-order valence-corrected chi connectivity index (χ1v) is 9.10. The number of rotatable bonds is 4. The predicted molar refractivity (Wildman–Crippen MR) is 96.7 cm³/mol. The van der Waals surface area contributed by atoms with E-state index in [9.17, 15) is 9.59 Å². The monoisotopic (exact) mass is 344 g/mol. The van der Waals surface area contributed by atoms with Gasteiger partial charge in [0.1, 0.15) is 0 Å². The standard InChI is InChI=1S/C19H28N4O2/c1-13(19(25)22-9-7-15(8-10-22)18(21)24)23-11-16(17(20)12-23)14-5-3-2-4-6-14/h2-6,13,15-17H,7-12,20H2,1H3,(H2,21,24)/t13?,16-,17+/m0/s1. The molecule has 1 aromatic carbocycles. The van der Waals surface area contributed by atoms with Gasteiger partial charge in [-0.3, -0.25) is 14.5 Å². The van der Waals surface area contributed by atoms with Gasteiger partial charge in [0.05, 0.1) is 6.04 Å². The molecule has 3 atom stereocenters. The summed E-state index contributed by atoms with van der Waals surface area (Å²) < 4.78 is 0. The molecule has 1 aromatic rings. The lowest BCUT2D eigenvalue weighted by molar-refractivity contribution is -0.139. The minimum Gasteiger partial charge on any atom is -0.369 e. The quantitative estimate of drug-likeness (QED) is 0.833. The van der Waals surface area contributed by atoms with Crippen LogP contribution >= 0.6 is 0 Å². The summed E-state index contributed by atoms with van der Waals surface area (Å²) in [5.41, 5.74) is 13.0. The van der Waals surface area contributed by atoms with Crippen molar-refractivity contribution in [1.82, 2.24) is 9.80 Å². The van der Waals surface area contributed by atoms with Gasteiger partial charge in [0.25, 0.3) is 0 Å². The number of hydrogen-bond acceptors (Lipinski definition) is 4. The van der Waals surface area contributed by atoms with Crippen molar-refractivity contribution in [3.8, 4) is 0 Å². The molecule has 4 N–H and O–H groups in total. The Kier molecular flexibility index (Phi) is 5.39. The van der Waals surface area contributed by atoms with Crippen LogP contribution in [-0.4, -0.2) is 59.9 Å². The summed E-state index contributed by atoms with van der Waals surface area (Å²) in [7, 11) is 0. The summed E-state index contributed by atoms with van der Waals surface area (Å²) in [4.78, 5) is 28.2. The molecule has 0 aliphatic carbocycles. The zero-order valence-corrected chi connectivity index (χ0v) is 14.8. The second-order valence-corrected chi connectivity index (χ2v) is 7.31. The number of amides is 2. The predicted octanol–water partition coefficient (Wildman–Crippen LogP) is 0.526. The Morgan fingerprint density at radius 3 is 2.36 bits per heavy atom. The average molecular weight is 344 g/mol. The molecule has 2 fully saturated rings. The number of carbonyl (C=O) groups excluding carboxylic acids is 2. The number of carbonyl (C=O) groups is 2. The van der Waals surface area contributed by atoms with E-state index < -0.39 is 0 Å². The maximum Gasteiger partial charge on any atom is 0.239 e. The van der Waals surface area contributed by atoms with Crippen LogP contribution in [0, 0.1) is 5.92 Å². The first kappa shape index (κ1) is 17.9. The van der Waals surface area contributed by atoms with Gasteiger partial charge in [0.2, 0.25) is 11.8 Å². The molecule has 2 heterocycles. The van der Waals surface area contributed by atoms with Crippen LogP contribution < -0.4 is 11.5 Å². The van der Waals surface area contributed by atoms with Crippen molar-refractivity contribution in [2.75, 3.05) is 26.2 Å². The molecule has 3 rings (SSSR count). The van der Waals surface area contributed by atoms with Gasteiger partial charge in [0.15, 0.2) is 0 Å². The summed E-state index contributed by atoms with van der Waals surface area (Å²) >= 11 is 0. The Bertz CT molecular complexity index is 613. The van der Waals surface area contributed by atoms with Crippen molar-refractivity contribution >= 4 is 11.8 Å². The largest absolute Gasteiger partial charge is 0.369 e. The highest BCUT2D eigenvalue weighted by atomic mass is 16.2. The molecule has 6 nitrogen and oxygen atoms in total. The maximum absolute atomic E-state index is 12.8. The fraction of sp³-hybridized carbons (Fsp3) is 0.579. The van der Waals surface area contributed by atoms with Gasteiger partial charge in [0, 0.05) is 44.1 Å². The van der Waals surface area contributed by atoms with Crippen LogP contribution in [0.3, 0.4) is 0 Å². The Labute approximate surface area is 149 Å². The first-order valence-electron chi connectivity index (χ1n) is 9.10. The highest BCUT2D eigenvalue weighted by Crippen LogP contribution is 2.28. The summed E-state index contributed by atoms with van der Waals surface area (Å²) in [5.74, 6) is 0.0410. The van der Waals surface area contributed by atoms with Gasteiger partial charge in [-0.05, 0) is 25.3 Å². The molecule has 6 heteroatoms. The van der Waals surface area contributed by atoms with Crippen LogP contribution in [0.1, 0.15) is 31.2 Å². The van der Waals surface area contributed by atoms with Crippen molar-refractivity contribution in [3.05, 3.63) is 35.9 Å². The number of nitrogens with zero attached hydrogens (tertiary/aromatic N) is 2. The van der Waals surface area contributed by atoms with E-state index in [0.717, 1.165) is 13.1 Å². The maximum atomic E-state index is 12.8. The van der Waals surface area contributed by atoms with Crippen molar-refractivity contribution in [1.29, 1.82) is 0 Å². The molecule has 136 valence electrons. The lowest BCUT2D eigenvalue weighted by atomic mass is 9.95. The Balaban J connectivity index is 1.59. The number of piperidine rings is 1. The van der Waals surface area contributed by atoms with E-state index in [4.69, 9.17) is 11.5 Å². The average Bonchev–Trinajstić information content (AvgIpc) is 3.03. The Morgan fingerprint density at radius 2 is 1.76 bits per heavy atom. The minimum absolute atomic E-state index is 0.0400. The fourth-order valence-corrected chi connectivity index (χ4v) is 4.03. The Hall–Kier alpha value is -1.92. The number of nitrogens with two attached hydrogens (primary N) is 2. The van der Waals surface area contributed by atoms with Crippen LogP contribution in [0.4, 0.5) is 0 Å². The zero-order chi connectivity index (χ0) is 18.0. The van der Waals surface area contributed by atoms with Gasteiger partial charge in [-0.25, -0.2) is 0 Å². The van der Waals surface area contributed by atoms with E-state index in [-0.39, 0.29) is 35.7 Å². The number of benzene rings is 1. The molecule has 1 unspecified atom stereocenters. The summed E-state index contributed by atoms with van der Waals surface area (Å²) in [6.07, 6.45) is 1.33. The van der Waals surface area contributed by atoms with Crippen LogP contribution in [0.5, 0.6) is 0 Å². The second-order valence-electron chi connectivity index (χ2n) is 7.31. The van der Waals surface area contributed by atoms with Crippen LogP contribution in [0.25, 0.3) is 0 Å².